The van der Waals surface area contributed by atoms with E-state index in [-0.39, 0.29) is 5.91 Å². The number of carboxylic acid groups (broad SMARTS) is 1. The molecule has 0 aromatic heterocycles. The Morgan fingerprint density at radius 3 is 2.28 bits per heavy atom. The summed E-state index contributed by atoms with van der Waals surface area (Å²) in [4.78, 5) is 26.5. The van der Waals surface area contributed by atoms with Crippen molar-refractivity contribution in [3.63, 3.8) is 0 Å². The second kappa shape index (κ2) is 12.6. The van der Waals surface area contributed by atoms with Crippen LogP contribution in [0.25, 0.3) is 0 Å². The van der Waals surface area contributed by atoms with Crippen LogP contribution >= 0.6 is 0 Å². The average molecular weight is 509 g/mol. The molecule has 4 rings (SSSR count). The number of aliphatic carboxylic acids is 1. The fourth-order valence-electron chi connectivity index (χ4n) is 4.34. The number of hydrogen-bond donors (Lipinski definition) is 1. The summed E-state index contributed by atoms with van der Waals surface area (Å²) in [5.74, 6) is -1.03. The average Bonchev–Trinajstić information content (AvgIpc) is 3.55. The van der Waals surface area contributed by atoms with Gasteiger partial charge in [-0.3, -0.25) is 4.79 Å². The zero-order valence-electron chi connectivity index (χ0n) is 20.2. The minimum absolute atomic E-state index is 0.144. The van der Waals surface area contributed by atoms with Crippen LogP contribution in [0, 0.1) is 0 Å². The van der Waals surface area contributed by atoms with Gasteiger partial charge >= 0.3 is 12.1 Å². The topological polar surface area (TPSA) is 79.3 Å². The van der Waals surface area contributed by atoms with Crippen molar-refractivity contribution >= 4 is 11.9 Å². The van der Waals surface area contributed by atoms with Gasteiger partial charge in [0.1, 0.15) is 18.1 Å². The second-order valence-corrected chi connectivity index (χ2v) is 8.77. The summed E-state index contributed by atoms with van der Waals surface area (Å²) in [6, 6.07) is 15.7. The van der Waals surface area contributed by atoms with Crippen LogP contribution in [-0.2, 0) is 11.4 Å². The highest BCUT2D eigenvalue weighted by Gasteiger charge is 2.38. The van der Waals surface area contributed by atoms with Crippen molar-refractivity contribution in [3.8, 4) is 11.5 Å². The number of carbonyl (C=O) groups excluding carboxylic acids is 1. The largest absolute Gasteiger partial charge is 0.497 e. The van der Waals surface area contributed by atoms with Gasteiger partial charge in [-0.05, 0) is 80.7 Å². The number of ether oxygens (including phenoxy) is 2. The maximum atomic E-state index is 13.0. The van der Waals surface area contributed by atoms with Gasteiger partial charge in [0.2, 0.25) is 0 Å². The molecule has 7 nitrogen and oxygen atoms in total. The maximum absolute atomic E-state index is 13.0. The van der Waals surface area contributed by atoms with Crippen molar-refractivity contribution in [1.29, 1.82) is 0 Å². The molecular formula is C26H31F3N2O5. The number of amides is 1. The number of carbonyl (C=O) groups is 2. The van der Waals surface area contributed by atoms with Gasteiger partial charge in [-0.2, -0.15) is 13.2 Å². The summed E-state index contributed by atoms with van der Waals surface area (Å²) in [6.45, 7) is 4.71. The van der Waals surface area contributed by atoms with Gasteiger partial charge in [-0.1, -0.05) is 12.1 Å². The molecule has 0 saturated carbocycles. The smallest absolute Gasteiger partial charge is 0.490 e. The van der Waals surface area contributed by atoms with Gasteiger partial charge in [0, 0.05) is 24.7 Å². The minimum Gasteiger partial charge on any atom is -0.497 e. The molecule has 1 amide bonds. The lowest BCUT2D eigenvalue weighted by atomic mass is 10.1. The predicted molar refractivity (Wildman–Crippen MR) is 127 cm³/mol. The molecule has 36 heavy (non-hydrogen) atoms. The van der Waals surface area contributed by atoms with Crippen molar-refractivity contribution in [2.45, 2.75) is 44.5 Å². The third-order valence-electron chi connectivity index (χ3n) is 6.19. The van der Waals surface area contributed by atoms with E-state index in [9.17, 15) is 18.0 Å². The standard InChI is InChI=1S/C24H30N2O3.C2HF3O2/c1-28-23-8-4-6-19(16-23)18-29-22-11-9-20(10-12-22)24(27)26-15-5-7-21(26)17-25-13-2-3-14-25;3-2(4,5)1(6)7/h4,6,8-12,16,21H,2-3,5,7,13-15,17-18H2,1H3;(H,6,7)/t21-;/m0./s1. The van der Waals surface area contributed by atoms with Crippen LogP contribution in [0.2, 0.25) is 0 Å². The lowest BCUT2D eigenvalue weighted by molar-refractivity contribution is -0.192. The second-order valence-electron chi connectivity index (χ2n) is 8.77. The Morgan fingerprint density at radius 1 is 1.00 bits per heavy atom. The zero-order chi connectivity index (χ0) is 26.1. The third-order valence-corrected chi connectivity index (χ3v) is 6.19. The van der Waals surface area contributed by atoms with Crippen LogP contribution in [0.3, 0.4) is 0 Å². The molecule has 2 fully saturated rings. The number of hydrogen-bond acceptors (Lipinski definition) is 5. The highest BCUT2D eigenvalue weighted by Crippen LogP contribution is 2.24. The molecule has 2 heterocycles. The first-order valence-corrected chi connectivity index (χ1v) is 11.9. The molecule has 0 radical (unpaired) electrons. The molecule has 2 saturated heterocycles. The van der Waals surface area contributed by atoms with E-state index in [1.807, 2.05) is 48.5 Å². The summed E-state index contributed by atoms with van der Waals surface area (Å²) in [5.41, 5.74) is 1.79. The quantitative estimate of drug-likeness (QED) is 0.589. The minimum atomic E-state index is -5.08. The van der Waals surface area contributed by atoms with Crippen LogP contribution in [0.4, 0.5) is 13.2 Å². The fourth-order valence-corrected chi connectivity index (χ4v) is 4.34. The van der Waals surface area contributed by atoms with Crippen LogP contribution in [-0.4, -0.2) is 72.3 Å². The van der Waals surface area contributed by atoms with E-state index < -0.39 is 12.1 Å². The van der Waals surface area contributed by atoms with Gasteiger partial charge in [0.05, 0.1) is 7.11 Å². The van der Waals surface area contributed by atoms with E-state index in [1.54, 1.807) is 7.11 Å². The van der Waals surface area contributed by atoms with Crippen LogP contribution in [0.5, 0.6) is 11.5 Å². The van der Waals surface area contributed by atoms with Crippen LogP contribution < -0.4 is 9.47 Å². The molecule has 196 valence electrons. The lowest BCUT2D eigenvalue weighted by Gasteiger charge is -2.28. The van der Waals surface area contributed by atoms with Crippen molar-refractivity contribution in [1.82, 2.24) is 9.80 Å². The Balaban J connectivity index is 0.000000454. The van der Waals surface area contributed by atoms with E-state index in [0.717, 1.165) is 48.6 Å². The van der Waals surface area contributed by atoms with Crippen LogP contribution in [0.15, 0.2) is 48.5 Å². The normalized spacial score (nSPS) is 17.9. The Kier molecular flexibility index (Phi) is 9.58. The number of alkyl halides is 3. The summed E-state index contributed by atoms with van der Waals surface area (Å²) < 4.78 is 42.9. The molecule has 0 spiro atoms. The van der Waals surface area contributed by atoms with Crippen molar-refractivity contribution in [3.05, 3.63) is 59.7 Å². The molecule has 0 bridgehead atoms. The summed E-state index contributed by atoms with van der Waals surface area (Å²) in [5, 5.41) is 7.12. The first kappa shape index (κ1) is 27.3. The van der Waals surface area contributed by atoms with Gasteiger partial charge < -0.3 is 24.4 Å². The lowest BCUT2D eigenvalue weighted by Crippen LogP contribution is -2.42. The number of likely N-dealkylation sites (tertiary alicyclic amines) is 2. The Morgan fingerprint density at radius 2 is 1.67 bits per heavy atom. The van der Waals surface area contributed by atoms with Gasteiger partial charge in [-0.15, -0.1) is 0 Å². The summed E-state index contributed by atoms with van der Waals surface area (Å²) in [7, 11) is 1.66. The number of methoxy groups -OCH3 is 1. The summed E-state index contributed by atoms with van der Waals surface area (Å²) >= 11 is 0. The van der Waals surface area contributed by atoms with Gasteiger partial charge in [0.15, 0.2) is 0 Å². The van der Waals surface area contributed by atoms with E-state index >= 15 is 0 Å². The molecule has 2 aliphatic rings. The molecule has 2 aromatic rings. The van der Waals surface area contributed by atoms with Crippen molar-refractivity contribution < 1.29 is 37.3 Å². The molecular weight excluding hydrogens is 477 g/mol. The fraction of sp³-hybridized carbons (Fsp3) is 0.462. The Bertz CT molecular complexity index is 1010. The molecule has 2 aromatic carbocycles. The number of nitrogens with zero attached hydrogens (tertiary/aromatic N) is 2. The molecule has 0 aliphatic carbocycles. The highest BCUT2D eigenvalue weighted by molar-refractivity contribution is 5.94. The first-order chi connectivity index (χ1) is 17.2. The predicted octanol–water partition coefficient (Wildman–Crippen LogP) is 4.61. The Labute approximate surface area is 208 Å². The van der Waals surface area contributed by atoms with E-state index in [2.05, 4.69) is 9.80 Å². The first-order valence-electron chi connectivity index (χ1n) is 11.9. The van der Waals surface area contributed by atoms with E-state index in [1.165, 1.54) is 25.9 Å². The number of benzene rings is 2. The van der Waals surface area contributed by atoms with Crippen molar-refractivity contribution in [2.75, 3.05) is 33.3 Å². The third kappa shape index (κ3) is 7.87. The van der Waals surface area contributed by atoms with Crippen molar-refractivity contribution in [2.24, 2.45) is 0 Å². The maximum Gasteiger partial charge on any atom is 0.490 e. The number of carboxylic acids is 1. The molecule has 2 aliphatic heterocycles. The molecule has 0 unspecified atom stereocenters. The Hall–Kier alpha value is -3.27. The molecule has 1 N–H and O–H groups in total. The molecule has 10 heteroatoms. The molecule has 1 atom stereocenters. The van der Waals surface area contributed by atoms with Gasteiger partial charge in [-0.25, -0.2) is 4.79 Å². The highest BCUT2D eigenvalue weighted by atomic mass is 19.4. The monoisotopic (exact) mass is 508 g/mol. The SMILES string of the molecule is COc1cccc(COc2ccc(C(=O)N3CCC[C@H]3CN3CCCC3)cc2)c1.O=C(O)C(F)(F)F. The van der Waals surface area contributed by atoms with Crippen LogP contribution in [0.1, 0.15) is 41.6 Å². The summed E-state index contributed by atoms with van der Waals surface area (Å²) in [6.07, 6.45) is -0.286. The van der Waals surface area contributed by atoms with E-state index in [0.29, 0.717) is 12.6 Å². The number of rotatable bonds is 7. The van der Waals surface area contributed by atoms with E-state index in [4.69, 9.17) is 19.4 Å². The zero-order valence-corrected chi connectivity index (χ0v) is 20.2. The van der Waals surface area contributed by atoms with Gasteiger partial charge in [0.25, 0.3) is 5.91 Å². The number of halogens is 3.